The predicted molar refractivity (Wildman–Crippen MR) is 66.8 cm³/mol. The van der Waals surface area contributed by atoms with E-state index in [0.717, 1.165) is 19.0 Å². The van der Waals surface area contributed by atoms with Crippen LogP contribution in [0.15, 0.2) is 0 Å². The molecular formula is C13H28N2. The van der Waals surface area contributed by atoms with Gasteiger partial charge in [0.25, 0.3) is 0 Å². The first-order valence-electron chi connectivity index (χ1n) is 6.64. The number of nitrogens with one attached hydrogen (secondary N) is 1. The van der Waals surface area contributed by atoms with Gasteiger partial charge in [0.15, 0.2) is 0 Å². The number of nitrogens with two attached hydrogens (primary N) is 1. The predicted octanol–water partition coefficient (Wildman–Crippen LogP) is 2.39. The van der Waals surface area contributed by atoms with Gasteiger partial charge >= 0.3 is 0 Å². The Kier molecular flexibility index (Phi) is 6.26. The Morgan fingerprint density at radius 2 is 1.93 bits per heavy atom. The van der Waals surface area contributed by atoms with Crippen LogP contribution in [0.25, 0.3) is 0 Å². The molecule has 1 saturated carbocycles. The zero-order valence-electron chi connectivity index (χ0n) is 10.5. The van der Waals surface area contributed by atoms with Gasteiger partial charge in [-0.25, -0.2) is 0 Å². The van der Waals surface area contributed by atoms with Gasteiger partial charge in [0, 0.05) is 0 Å². The molecule has 0 spiro atoms. The molecular weight excluding hydrogens is 184 g/mol. The van der Waals surface area contributed by atoms with E-state index >= 15 is 0 Å². The minimum Gasteiger partial charge on any atom is -0.330 e. The lowest BCUT2D eigenvalue weighted by atomic mass is 9.96. The molecule has 0 bridgehead atoms. The van der Waals surface area contributed by atoms with Gasteiger partial charge in [0.2, 0.25) is 0 Å². The van der Waals surface area contributed by atoms with E-state index < -0.39 is 0 Å². The van der Waals surface area contributed by atoms with Crippen LogP contribution in [0.1, 0.15) is 46.0 Å². The molecule has 15 heavy (non-hydrogen) atoms. The molecule has 2 nitrogen and oxygen atoms in total. The summed E-state index contributed by atoms with van der Waals surface area (Å²) in [6.07, 6.45) is 7.22. The van der Waals surface area contributed by atoms with Gasteiger partial charge in [0.05, 0.1) is 0 Å². The maximum atomic E-state index is 5.74. The van der Waals surface area contributed by atoms with Gasteiger partial charge in [-0.3, -0.25) is 0 Å². The first-order chi connectivity index (χ1) is 7.24. The summed E-state index contributed by atoms with van der Waals surface area (Å²) in [7, 11) is 0. The molecule has 2 heteroatoms. The van der Waals surface area contributed by atoms with Crippen molar-refractivity contribution in [2.24, 2.45) is 23.5 Å². The van der Waals surface area contributed by atoms with Crippen molar-refractivity contribution in [3.63, 3.8) is 0 Å². The summed E-state index contributed by atoms with van der Waals surface area (Å²) in [6, 6.07) is 0. The van der Waals surface area contributed by atoms with Crippen LogP contribution in [-0.2, 0) is 0 Å². The van der Waals surface area contributed by atoms with E-state index in [0.29, 0.717) is 11.8 Å². The molecule has 1 atom stereocenters. The van der Waals surface area contributed by atoms with E-state index in [9.17, 15) is 0 Å². The third kappa shape index (κ3) is 4.98. The lowest BCUT2D eigenvalue weighted by Crippen LogP contribution is -2.32. The number of rotatable bonds is 7. The smallest absolute Gasteiger partial charge is 0.000600 e. The van der Waals surface area contributed by atoms with Crippen LogP contribution in [0.3, 0.4) is 0 Å². The SMILES string of the molecule is CC(C)C(CN)CNCCC1CCCC1. The molecule has 0 radical (unpaired) electrons. The molecule has 3 N–H and O–H groups in total. The largest absolute Gasteiger partial charge is 0.330 e. The minimum absolute atomic E-state index is 0.647. The van der Waals surface area contributed by atoms with E-state index in [2.05, 4.69) is 19.2 Å². The molecule has 1 aliphatic carbocycles. The molecule has 90 valence electrons. The molecule has 0 heterocycles. The normalized spacial score (nSPS) is 20.0. The highest BCUT2D eigenvalue weighted by Crippen LogP contribution is 2.26. The maximum absolute atomic E-state index is 5.74. The fourth-order valence-corrected chi connectivity index (χ4v) is 2.48. The third-order valence-corrected chi connectivity index (χ3v) is 3.86. The Bertz CT molecular complexity index is 151. The Hall–Kier alpha value is -0.0800. The molecule has 0 aliphatic heterocycles. The van der Waals surface area contributed by atoms with Crippen molar-refractivity contribution < 1.29 is 0 Å². The molecule has 1 unspecified atom stereocenters. The molecule has 0 aromatic carbocycles. The molecule has 1 aliphatic rings. The molecule has 0 aromatic rings. The Labute approximate surface area is 95.0 Å². The quantitative estimate of drug-likeness (QED) is 0.636. The molecule has 0 amide bonds. The fraction of sp³-hybridized carbons (Fsp3) is 1.00. The van der Waals surface area contributed by atoms with Crippen molar-refractivity contribution >= 4 is 0 Å². The summed E-state index contributed by atoms with van der Waals surface area (Å²) in [5.41, 5.74) is 5.74. The van der Waals surface area contributed by atoms with Crippen LogP contribution < -0.4 is 11.1 Å². The second-order valence-corrected chi connectivity index (χ2v) is 5.38. The fourth-order valence-electron chi connectivity index (χ4n) is 2.48. The van der Waals surface area contributed by atoms with E-state index in [1.807, 2.05) is 0 Å². The summed E-state index contributed by atoms with van der Waals surface area (Å²) in [6.45, 7) is 7.62. The molecule has 1 rings (SSSR count). The van der Waals surface area contributed by atoms with Crippen molar-refractivity contribution in [3.05, 3.63) is 0 Å². The molecule has 1 fully saturated rings. The first kappa shape index (κ1) is 13.0. The number of hydrogen-bond acceptors (Lipinski definition) is 2. The highest BCUT2D eigenvalue weighted by atomic mass is 14.9. The Morgan fingerprint density at radius 1 is 1.27 bits per heavy atom. The lowest BCUT2D eigenvalue weighted by molar-refractivity contribution is 0.362. The van der Waals surface area contributed by atoms with Crippen molar-refractivity contribution in [1.82, 2.24) is 5.32 Å². The van der Waals surface area contributed by atoms with Crippen LogP contribution in [-0.4, -0.2) is 19.6 Å². The highest BCUT2D eigenvalue weighted by molar-refractivity contribution is 4.70. The topological polar surface area (TPSA) is 38.0 Å². The van der Waals surface area contributed by atoms with E-state index in [1.54, 1.807) is 0 Å². The third-order valence-electron chi connectivity index (χ3n) is 3.86. The van der Waals surface area contributed by atoms with Crippen LogP contribution in [0.2, 0.25) is 0 Å². The van der Waals surface area contributed by atoms with E-state index in [1.165, 1.54) is 38.6 Å². The molecule has 0 saturated heterocycles. The minimum atomic E-state index is 0.647. The highest BCUT2D eigenvalue weighted by Gasteiger charge is 2.15. The lowest BCUT2D eigenvalue weighted by Gasteiger charge is -2.19. The average Bonchev–Trinajstić information content (AvgIpc) is 2.70. The summed E-state index contributed by atoms with van der Waals surface area (Å²) in [5, 5.41) is 3.56. The first-order valence-corrected chi connectivity index (χ1v) is 6.64. The standard InChI is InChI=1S/C13H28N2/c1-11(2)13(9-14)10-15-8-7-12-5-3-4-6-12/h11-13,15H,3-10,14H2,1-2H3. The van der Waals surface area contributed by atoms with Gasteiger partial charge in [-0.2, -0.15) is 0 Å². The maximum Gasteiger partial charge on any atom is -0.000600 e. The van der Waals surface area contributed by atoms with E-state index in [4.69, 9.17) is 5.73 Å². The zero-order chi connectivity index (χ0) is 11.1. The van der Waals surface area contributed by atoms with Crippen molar-refractivity contribution in [1.29, 1.82) is 0 Å². The monoisotopic (exact) mass is 212 g/mol. The second kappa shape index (κ2) is 7.24. The van der Waals surface area contributed by atoms with Gasteiger partial charge in [-0.1, -0.05) is 39.5 Å². The van der Waals surface area contributed by atoms with Gasteiger partial charge < -0.3 is 11.1 Å². The summed E-state index contributed by atoms with van der Waals surface area (Å²) < 4.78 is 0. The van der Waals surface area contributed by atoms with Gasteiger partial charge in [0.1, 0.15) is 0 Å². The van der Waals surface area contributed by atoms with Crippen LogP contribution in [0.4, 0.5) is 0 Å². The van der Waals surface area contributed by atoms with Gasteiger partial charge in [-0.05, 0) is 43.8 Å². The zero-order valence-corrected chi connectivity index (χ0v) is 10.5. The number of hydrogen-bond donors (Lipinski definition) is 2. The van der Waals surface area contributed by atoms with Crippen LogP contribution in [0.5, 0.6) is 0 Å². The van der Waals surface area contributed by atoms with E-state index in [-0.39, 0.29) is 0 Å². The average molecular weight is 212 g/mol. The Morgan fingerprint density at radius 3 is 2.47 bits per heavy atom. The van der Waals surface area contributed by atoms with Crippen molar-refractivity contribution in [2.45, 2.75) is 46.0 Å². The second-order valence-electron chi connectivity index (χ2n) is 5.38. The van der Waals surface area contributed by atoms with Gasteiger partial charge in [-0.15, -0.1) is 0 Å². The Balaban J connectivity index is 1.99. The summed E-state index contributed by atoms with van der Waals surface area (Å²) in [4.78, 5) is 0. The summed E-state index contributed by atoms with van der Waals surface area (Å²) in [5.74, 6) is 2.36. The van der Waals surface area contributed by atoms with Crippen molar-refractivity contribution in [2.75, 3.05) is 19.6 Å². The van der Waals surface area contributed by atoms with Crippen molar-refractivity contribution in [3.8, 4) is 0 Å². The summed E-state index contributed by atoms with van der Waals surface area (Å²) >= 11 is 0. The molecule has 0 aromatic heterocycles. The van der Waals surface area contributed by atoms with Crippen LogP contribution in [0, 0.1) is 17.8 Å². The van der Waals surface area contributed by atoms with Crippen LogP contribution >= 0.6 is 0 Å².